The van der Waals surface area contributed by atoms with E-state index in [1.165, 1.54) is 29.4 Å². The van der Waals surface area contributed by atoms with Gasteiger partial charge in [-0.25, -0.2) is 0 Å². The number of anilines is 1. The van der Waals surface area contributed by atoms with Crippen LogP contribution >= 0.6 is 0 Å². The number of nitrogens with zero attached hydrogens (tertiary/aromatic N) is 1. The van der Waals surface area contributed by atoms with Crippen LogP contribution in [0.1, 0.15) is 22.2 Å². The fraction of sp³-hybridized carbons (Fsp3) is 0.0476. The number of Topliss-reactive ketones (excluding diaryl/α,β-unsaturated/α-hetero) is 1. The van der Waals surface area contributed by atoms with Gasteiger partial charge in [-0.15, -0.1) is 0 Å². The normalized spacial score (nSPS) is 16.8. The number of benzene rings is 2. The van der Waals surface area contributed by atoms with Crippen LogP contribution in [0.15, 0.2) is 88.7 Å². The van der Waals surface area contributed by atoms with Crippen LogP contribution in [-0.4, -0.2) is 21.9 Å². The van der Waals surface area contributed by atoms with Gasteiger partial charge in [0.2, 0.25) is 5.78 Å². The number of hydrogen-bond acceptors (Lipinski definition) is 5. The highest BCUT2D eigenvalue weighted by Crippen LogP contribution is 2.42. The topological polar surface area (TPSA) is 91.0 Å². The van der Waals surface area contributed by atoms with Gasteiger partial charge >= 0.3 is 0 Å². The van der Waals surface area contributed by atoms with Crippen molar-refractivity contribution in [3.8, 4) is 5.75 Å². The second-order valence-corrected chi connectivity index (χ2v) is 6.08. The van der Waals surface area contributed by atoms with E-state index in [2.05, 4.69) is 0 Å². The van der Waals surface area contributed by atoms with Gasteiger partial charge in [0, 0.05) is 5.69 Å². The fourth-order valence-corrected chi connectivity index (χ4v) is 3.24. The SMILES string of the molecule is O=C(C1=C(O)C(=O)N(c2ccccc2)C1c1cccc(O)c1)c1ccco1. The van der Waals surface area contributed by atoms with Gasteiger partial charge in [-0.3, -0.25) is 14.5 Å². The number of rotatable bonds is 4. The quantitative estimate of drug-likeness (QED) is 0.690. The van der Waals surface area contributed by atoms with E-state index >= 15 is 0 Å². The predicted molar refractivity (Wildman–Crippen MR) is 97.5 cm³/mol. The van der Waals surface area contributed by atoms with E-state index in [4.69, 9.17) is 4.42 Å². The summed E-state index contributed by atoms with van der Waals surface area (Å²) in [5.41, 5.74) is 0.917. The molecule has 2 aromatic carbocycles. The first-order valence-electron chi connectivity index (χ1n) is 8.27. The fourth-order valence-electron chi connectivity index (χ4n) is 3.24. The average Bonchev–Trinajstić information content (AvgIpc) is 3.30. The Morgan fingerprint density at radius 1 is 0.963 bits per heavy atom. The molecule has 3 aromatic rings. The molecule has 0 saturated carbocycles. The molecule has 1 aliphatic heterocycles. The van der Waals surface area contributed by atoms with Crippen LogP contribution in [0.3, 0.4) is 0 Å². The number of furan rings is 1. The molecule has 134 valence electrons. The lowest BCUT2D eigenvalue weighted by molar-refractivity contribution is -0.117. The molecule has 2 heterocycles. The summed E-state index contributed by atoms with van der Waals surface area (Å²) in [5.74, 6) is -1.90. The summed E-state index contributed by atoms with van der Waals surface area (Å²) in [6.45, 7) is 0. The minimum absolute atomic E-state index is 0.0100. The maximum Gasteiger partial charge on any atom is 0.294 e. The number of aromatic hydroxyl groups is 1. The molecule has 27 heavy (non-hydrogen) atoms. The zero-order chi connectivity index (χ0) is 19.0. The third-order valence-electron chi connectivity index (χ3n) is 4.42. The lowest BCUT2D eigenvalue weighted by Gasteiger charge is -2.26. The van der Waals surface area contributed by atoms with E-state index < -0.39 is 23.5 Å². The molecule has 1 aromatic heterocycles. The molecule has 2 N–H and O–H groups in total. The molecule has 1 atom stereocenters. The first-order valence-corrected chi connectivity index (χ1v) is 8.27. The Bertz CT molecular complexity index is 1040. The zero-order valence-corrected chi connectivity index (χ0v) is 14.1. The van der Waals surface area contributed by atoms with E-state index in [0.29, 0.717) is 11.3 Å². The minimum Gasteiger partial charge on any atom is -0.508 e. The van der Waals surface area contributed by atoms with Crippen LogP contribution in [0.25, 0.3) is 0 Å². The first kappa shape index (κ1) is 16.7. The molecule has 1 amide bonds. The monoisotopic (exact) mass is 361 g/mol. The highest BCUT2D eigenvalue weighted by molar-refractivity contribution is 6.20. The molecule has 6 heteroatoms. The molecule has 0 radical (unpaired) electrons. The Morgan fingerprint density at radius 3 is 2.41 bits per heavy atom. The Hall–Kier alpha value is -3.80. The van der Waals surface area contributed by atoms with Crippen LogP contribution < -0.4 is 4.90 Å². The van der Waals surface area contributed by atoms with Crippen molar-refractivity contribution in [1.82, 2.24) is 0 Å². The predicted octanol–water partition coefficient (Wildman–Crippen LogP) is 3.77. The van der Waals surface area contributed by atoms with Crippen molar-refractivity contribution in [2.75, 3.05) is 4.90 Å². The molecular weight excluding hydrogens is 346 g/mol. The summed E-state index contributed by atoms with van der Waals surface area (Å²) < 4.78 is 5.17. The summed E-state index contributed by atoms with van der Waals surface area (Å²) >= 11 is 0. The molecule has 0 saturated heterocycles. The van der Waals surface area contributed by atoms with Crippen molar-refractivity contribution in [3.63, 3.8) is 0 Å². The summed E-state index contributed by atoms with van der Waals surface area (Å²) in [6, 6.07) is 17.1. The van der Waals surface area contributed by atoms with E-state index in [0.717, 1.165) is 0 Å². The largest absolute Gasteiger partial charge is 0.508 e. The van der Waals surface area contributed by atoms with Gasteiger partial charge in [0.15, 0.2) is 11.5 Å². The molecule has 4 rings (SSSR count). The number of aliphatic hydroxyl groups is 1. The van der Waals surface area contributed by atoms with Crippen LogP contribution in [0.4, 0.5) is 5.69 Å². The molecule has 0 aliphatic carbocycles. The Balaban J connectivity index is 1.90. The molecule has 6 nitrogen and oxygen atoms in total. The smallest absolute Gasteiger partial charge is 0.294 e. The van der Waals surface area contributed by atoms with Crippen molar-refractivity contribution in [3.05, 3.63) is 95.6 Å². The van der Waals surface area contributed by atoms with Gasteiger partial charge < -0.3 is 14.6 Å². The van der Waals surface area contributed by atoms with Gasteiger partial charge in [-0.1, -0.05) is 30.3 Å². The third-order valence-corrected chi connectivity index (χ3v) is 4.42. The number of phenolic OH excluding ortho intramolecular Hbond substituents is 1. The van der Waals surface area contributed by atoms with Gasteiger partial charge in [0.25, 0.3) is 5.91 Å². The molecule has 1 aliphatic rings. The molecule has 0 spiro atoms. The van der Waals surface area contributed by atoms with E-state index in [1.54, 1.807) is 48.5 Å². The summed E-state index contributed by atoms with van der Waals surface area (Å²) in [7, 11) is 0. The van der Waals surface area contributed by atoms with Crippen molar-refractivity contribution >= 4 is 17.4 Å². The van der Waals surface area contributed by atoms with Crippen LogP contribution in [-0.2, 0) is 4.79 Å². The Labute approximate surface area is 154 Å². The lowest BCUT2D eigenvalue weighted by Crippen LogP contribution is -2.30. The molecule has 0 bridgehead atoms. The van der Waals surface area contributed by atoms with Crippen LogP contribution in [0, 0.1) is 0 Å². The number of para-hydroxylation sites is 1. The average molecular weight is 361 g/mol. The summed E-state index contributed by atoms with van der Waals surface area (Å²) in [4.78, 5) is 27.1. The van der Waals surface area contributed by atoms with Crippen molar-refractivity contribution in [2.45, 2.75) is 6.04 Å². The maximum absolute atomic E-state index is 13.0. The number of ketones is 1. The van der Waals surface area contributed by atoms with Gasteiger partial charge in [0.1, 0.15) is 5.75 Å². The second-order valence-electron chi connectivity index (χ2n) is 6.08. The number of carbonyl (C=O) groups excluding carboxylic acids is 2. The van der Waals surface area contributed by atoms with Gasteiger partial charge in [-0.2, -0.15) is 0 Å². The zero-order valence-electron chi connectivity index (χ0n) is 14.1. The standard InChI is InChI=1S/C21H15NO5/c23-15-9-4-6-13(12-15)18-17(19(24)16-10-5-11-27-16)20(25)21(26)22(18)14-7-2-1-3-8-14/h1-12,18,23,25H. The lowest BCUT2D eigenvalue weighted by atomic mass is 9.94. The maximum atomic E-state index is 13.0. The number of amides is 1. The van der Waals surface area contributed by atoms with E-state index in [-0.39, 0.29) is 17.1 Å². The number of hydrogen-bond donors (Lipinski definition) is 2. The number of carbonyl (C=O) groups is 2. The molecular formula is C21H15NO5. The van der Waals surface area contributed by atoms with Crippen molar-refractivity contribution < 1.29 is 24.2 Å². The van der Waals surface area contributed by atoms with Gasteiger partial charge in [-0.05, 0) is 42.0 Å². The van der Waals surface area contributed by atoms with Crippen LogP contribution in [0.5, 0.6) is 5.75 Å². The van der Waals surface area contributed by atoms with E-state index in [1.807, 2.05) is 0 Å². The van der Waals surface area contributed by atoms with Gasteiger partial charge in [0.05, 0.1) is 17.9 Å². The summed E-state index contributed by atoms with van der Waals surface area (Å²) in [5, 5.41) is 20.4. The second kappa shape index (κ2) is 6.49. The molecule has 1 unspecified atom stereocenters. The van der Waals surface area contributed by atoms with Crippen LogP contribution in [0.2, 0.25) is 0 Å². The van der Waals surface area contributed by atoms with Crippen molar-refractivity contribution in [1.29, 1.82) is 0 Å². The minimum atomic E-state index is -0.899. The highest BCUT2D eigenvalue weighted by Gasteiger charge is 2.45. The summed E-state index contributed by atoms with van der Waals surface area (Å²) in [6.07, 6.45) is 1.35. The Kier molecular flexibility index (Phi) is 4.01. The van der Waals surface area contributed by atoms with Crippen molar-refractivity contribution in [2.24, 2.45) is 0 Å². The molecule has 0 fully saturated rings. The Morgan fingerprint density at radius 2 is 1.74 bits per heavy atom. The highest BCUT2D eigenvalue weighted by atomic mass is 16.3. The number of aliphatic hydroxyl groups excluding tert-OH is 1. The third kappa shape index (κ3) is 2.77. The number of phenols is 1. The van der Waals surface area contributed by atoms with E-state index in [9.17, 15) is 19.8 Å². The first-order chi connectivity index (χ1) is 13.1.